The number of nitrogens with two attached hydrogens (primary N) is 1. The lowest BCUT2D eigenvalue weighted by molar-refractivity contribution is 0.190. The minimum Gasteiger partial charge on any atom is -0.329 e. The number of hydrogen-bond acceptors (Lipinski definition) is 2. The zero-order chi connectivity index (χ0) is 13.1. The Morgan fingerprint density at radius 2 is 1.89 bits per heavy atom. The number of hydrogen-bond donors (Lipinski definition) is 1. The van der Waals surface area contributed by atoms with Gasteiger partial charge in [0.05, 0.1) is 0 Å². The summed E-state index contributed by atoms with van der Waals surface area (Å²) in [5.41, 5.74) is 10.3. The number of nitrogens with zero attached hydrogens (tertiary/aromatic N) is 1. The summed E-state index contributed by atoms with van der Waals surface area (Å²) < 4.78 is 0. The molecule has 0 aliphatic heterocycles. The molecule has 1 aromatic carbocycles. The van der Waals surface area contributed by atoms with Gasteiger partial charge in [-0.2, -0.15) is 0 Å². The molecule has 0 saturated heterocycles. The van der Waals surface area contributed by atoms with E-state index in [0.717, 1.165) is 12.6 Å². The molecule has 1 saturated carbocycles. The topological polar surface area (TPSA) is 29.3 Å². The maximum Gasteiger partial charge on any atom is 0.0478 e. The van der Waals surface area contributed by atoms with Crippen LogP contribution in [0.2, 0.25) is 0 Å². The van der Waals surface area contributed by atoms with Crippen molar-refractivity contribution in [3.05, 3.63) is 34.9 Å². The maximum absolute atomic E-state index is 6.10. The van der Waals surface area contributed by atoms with Crippen LogP contribution in [0.15, 0.2) is 18.2 Å². The second kappa shape index (κ2) is 5.85. The monoisotopic (exact) mass is 246 g/mol. The zero-order valence-corrected chi connectivity index (χ0v) is 11.9. The molecule has 1 aromatic rings. The van der Waals surface area contributed by atoms with Gasteiger partial charge in [-0.1, -0.05) is 25.1 Å². The average molecular weight is 246 g/mol. The first kappa shape index (κ1) is 13.6. The molecule has 1 aliphatic rings. The average Bonchev–Trinajstić information content (AvgIpc) is 3.16. The lowest BCUT2D eigenvalue weighted by atomic mass is 9.94. The smallest absolute Gasteiger partial charge is 0.0478 e. The molecule has 2 heteroatoms. The van der Waals surface area contributed by atoms with Crippen molar-refractivity contribution in [1.29, 1.82) is 0 Å². The normalized spacial score (nSPS) is 17.2. The summed E-state index contributed by atoms with van der Waals surface area (Å²) in [7, 11) is 0. The molecule has 0 aromatic heterocycles. The van der Waals surface area contributed by atoms with E-state index in [4.69, 9.17) is 5.73 Å². The zero-order valence-electron chi connectivity index (χ0n) is 11.9. The van der Waals surface area contributed by atoms with E-state index in [1.165, 1.54) is 42.5 Å². The minimum absolute atomic E-state index is 0.402. The highest BCUT2D eigenvalue weighted by Gasteiger charge is 2.34. The van der Waals surface area contributed by atoms with Crippen LogP contribution in [0.25, 0.3) is 0 Å². The van der Waals surface area contributed by atoms with E-state index in [1.54, 1.807) is 0 Å². The fourth-order valence-electron chi connectivity index (χ4n) is 3.03. The second-order valence-corrected chi connectivity index (χ2v) is 5.53. The SMILES string of the molecule is CCCN(C1CC1)C(CN)c1c(C)cccc1C. The quantitative estimate of drug-likeness (QED) is 0.835. The van der Waals surface area contributed by atoms with Gasteiger partial charge < -0.3 is 5.73 Å². The van der Waals surface area contributed by atoms with Crippen molar-refractivity contribution in [3.63, 3.8) is 0 Å². The molecular weight excluding hydrogens is 220 g/mol. The maximum atomic E-state index is 6.10. The van der Waals surface area contributed by atoms with Crippen LogP contribution in [-0.2, 0) is 0 Å². The molecule has 1 fully saturated rings. The third kappa shape index (κ3) is 2.76. The summed E-state index contributed by atoms with van der Waals surface area (Å²) in [5.74, 6) is 0. The highest BCUT2D eigenvalue weighted by molar-refractivity contribution is 5.36. The Labute approximate surface area is 111 Å². The molecular formula is C16H26N2. The molecule has 0 bridgehead atoms. The number of benzene rings is 1. The minimum atomic E-state index is 0.402. The van der Waals surface area contributed by atoms with Crippen molar-refractivity contribution < 1.29 is 0 Å². The lowest BCUT2D eigenvalue weighted by Crippen LogP contribution is -2.37. The van der Waals surface area contributed by atoms with Gasteiger partial charge in [-0.25, -0.2) is 0 Å². The van der Waals surface area contributed by atoms with E-state index >= 15 is 0 Å². The van der Waals surface area contributed by atoms with Crippen molar-refractivity contribution in [2.45, 2.75) is 52.1 Å². The van der Waals surface area contributed by atoms with Crippen LogP contribution >= 0.6 is 0 Å². The highest BCUT2D eigenvalue weighted by Crippen LogP contribution is 2.36. The van der Waals surface area contributed by atoms with Gasteiger partial charge in [0.15, 0.2) is 0 Å². The molecule has 1 unspecified atom stereocenters. The van der Waals surface area contributed by atoms with Crippen LogP contribution in [0.4, 0.5) is 0 Å². The molecule has 18 heavy (non-hydrogen) atoms. The first-order chi connectivity index (χ1) is 8.69. The van der Waals surface area contributed by atoms with Crippen LogP contribution in [0, 0.1) is 13.8 Å². The van der Waals surface area contributed by atoms with Crippen molar-refractivity contribution in [2.24, 2.45) is 5.73 Å². The molecule has 2 rings (SSSR count). The Hall–Kier alpha value is -0.860. The second-order valence-electron chi connectivity index (χ2n) is 5.53. The van der Waals surface area contributed by atoms with Crippen molar-refractivity contribution >= 4 is 0 Å². The Bertz CT molecular complexity index is 376. The molecule has 0 radical (unpaired) electrons. The Morgan fingerprint density at radius 1 is 1.28 bits per heavy atom. The first-order valence-corrected chi connectivity index (χ1v) is 7.21. The van der Waals surface area contributed by atoms with Gasteiger partial charge in [-0.15, -0.1) is 0 Å². The molecule has 1 atom stereocenters. The van der Waals surface area contributed by atoms with Crippen LogP contribution in [0.5, 0.6) is 0 Å². The summed E-state index contributed by atoms with van der Waals surface area (Å²) in [6.45, 7) is 8.57. The Balaban J connectivity index is 2.31. The number of rotatable bonds is 6. The van der Waals surface area contributed by atoms with Gasteiger partial charge in [0.1, 0.15) is 0 Å². The molecule has 1 aliphatic carbocycles. The van der Waals surface area contributed by atoms with Gasteiger partial charge in [0.25, 0.3) is 0 Å². The summed E-state index contributed by atoms with van der Waals surface area (Å²) in [6.07, 6.45) is 3.90. The van der Waals surface area contributed by atoms with E-state index in [9.17, 15) is 0 Å². The molecule has 0 heterocycles. The standard InChI is InChI=1S/C16H26N2/c1-4-10-18(14-8-9-14)15(11-17)16-12(2)6-5-7-13(16)3/h5-7,14-15H,4,8-11,17H2,1-3H3. The van der Waals surface area contributed by atoms with Crippen molar-refractivity contribution in [1.82, 2.24) is 4.90 Å². The third-order valence-corrected chi connectivity index (χ3v) is 4.00. The predicted molar refractivity (Wildman–Crippen MR) is 77.7 cm³/mol. The molecule has 0 amide bonds. The van der Waals surface area contributed by atoms with Gasteiger partial charge in [-0.3, -0.25) is 4.90 Å². The summed E-state index contributed by atoms with van der Waals surface area (Å²) in [6, 6.07) is 7.74. The van der Waals surface area contributed by atoms with Crippen LogP contribution < -0.4 is 5.73 Å². The van der Waals surface area contributed by atoms with E-state index in [0.29, 0.717) is 6.04 Å². The van der Waals surface area contributed by atoms with Gasteiger partial charge >= 0.3 is 0 Å². The Kier molecular flexibility index (Phi) is 4.41. The Morgan fingerprint density at radius 3 is 2.33 bits per heavy atom. The first-order valence-electron chi connectivity index (χ1n) is 7.21. The van der Waals surface area contributed by atoms with Gasteiger partial charge in [0, 0.05) is 18.6 Å². The molecule has 2 N–H and O–H groups in total. The summed E-state index contributed by atoms with van der Waals surface area (Å²) in [4.78, 5) is 2.63. The fourth-order valence-corrected chi connectivity index (χ4v) is 3.03. The molecule has 100 valence electrons. The van der Waals surface area contributed by atoms with Gasteiger partial charge in [-0.05, 0) is 56.3 Å². The molecule has 2 nitrogen and oxygen atoms in total. The van der Waals surface area contributed by atoms with E-state index < -0.39 is 0 Å². The van der Waals surface area contributed by atoms with Crippen molar-refractivity contribution in [3.8, 4) is 0 Å². The van der Waals surface area contributed by atoms with Crippen LogP contribution in [0.3, 0.4) is 0 Å². The van der Waals surface area contributed by atoms with E-state index in [-0.39, 0.29) is 0 Å². The summed E-state index contributed by atoms with van der Waals surface area (Å²) >= 11 is 0. The van der Waals surface area contributed by atoms with E-state index in [1.807, 2.05) is 0 Å². The largest absolute Gasteiger partial charge is 0.329 e. The predicted octanol–water partition coefficient (Wildman–Crippen LogP) is 3.18. The van der Waals surface area contributed by atoms with Gasteiger partial charge in [0.2, 0.25) is 0 Å². The fraction of sp³-hybridized carbons (Fsp3) is 0.625. The molecule has 0 spiro atoms. The van der Waals surface area contributed by atoms with Crippen LogP contribution in [-0.4, -0.2) is 24.0 Å². The lowest BCUT2D eigenvalue weighted by Gasteiger charge is -2.33. The summed E-state index contributed by atoms with van der Waals surface area (Å²) in [5, 5.41) is 0. The van der Waals surface area contributed by atoms with E-state index in [2.05, 4.69) is 43.9 Å². The third-order valence-electron chi connectivity index (χ3n) is 4.00. The highest BCUT2D eigenvalue weighted by atomic mass is 15.2. The van der Waals surface area contributed by atoms with Crippen molar-refractivity contribution in [2.75, 3.05) is 13.1 Å². The number of aryl methyl sites for hydroxylation is 2. The van der Waals surface area contributed by atoms with Crippen LogP contribution in [0.1, 0.15) is 48.9 Å².